The summed E-state index contributed by atoms with van der Waals surface area (Å²) >= 11 is 0. The molecule has 4 nitrogen and oxygen atoms in total. The van der Waals surface area contributed by atoms with Gasteiger partial charge in [-0.15, -0.1) is 5.10 Å². The molecular formula is C14H17N3O. The molecule has 1 N–H and O–H groups in total. The summed E-state index contributed by atoms with van der Waals surface area (Å²) < 4.78 is 1.78. The number of rotatable bonds is 4. The van der Waals surface area contributed by atoms with Crippen LogP contribution in [0.3, 0.4) is 0 Å². The van der Waals surface area contributed by atoms with E-state index in [0.717, 1.165) is 16.8 Å². The molecule has 2 aromatic rings. The van der Waals surface area contributed by atoms with Gasteiger partial charge in [-0.1, -0.05) is 41.1 Å². The molecule has 0 aliphatic rings. The zero-order valence-corrected chi connectivity index (χ0v) is 10.7. The lowest BCUT2D eigenvalue weighted by Crippen LogP contribution is -2.04. The SMILES string of the molecule is C=C(C)Cn1nnc(CO)c1-c1cccc(C)c1. The Morgan fingerprint density at radius 2 is 2.22 bits per heavy atom. The van der Waals surface area contributed by atoms with Crippen molar-refractivity contribution in [2.24, 2.45) is 0 Å². The highest BCUT2D eigenvalue weighted by molar-refractivity contribution is 5.62. The second-order valence-corrected chi connectivity index (χ2v) is 4.53. The van der Waals surface area contributed by atoms with E-state index in [0.29, 0.717) is 12.2 Å². The summed E-state index contributed by atoms with van der Waals surface area (Å²) in [7, 11) is 0. The van der Waals surface area contributed by atoms with Gasteiger partial charge in [0.15, 0.2) is 0 Å². The molecule has 0 radical (unpaired) electrons. The zero-order chi connectivity index (χ0) is 13.1. The fraction of sp³-hybridized carbons (Fsp3) is 0.286. The summed E-state index contributed by atoms with van der Waals surface area (Å²) in [4.78, 5) is 0. The summed E-state index contributed by atoms with van der Waals surface area (Å²) in [5.74, 6) is 0. The molecule has 0 aliphatic carbocycles. The average Bonchev–Trinajstić information content (AvgIpc) is 2.71. The van der Waals surface area contributed by atoms with Crippen LogP contribution in [0, 0.1) is 6.92 Å². The maximum atomic E-state index is 9.36. The maximum Gasteiger partial charge on any atom is 0.116 e. The Labute approximate surface area is 107 Å². The summed E-state index contributed by atoms with van der Waals surface area (Å²) in [6.07, 6.45) is 0. The highest BCUT2D eigenvalue weighted by atomic mass is 16.3. The lowest BCUT2D eigenvalue weighted by molar-refractivity contribution is 0.277. The van der Waals surface area contributed by atoms with Crippen LogP contribution in [0.5, 0.6) is 0 Å². The van der Waals surface area contributed by atoms with Crippen molar-refractivity contribution in [2.75, 3.05) is 0 Å². The van der Waals surface area contributed by atoms with Crippen molar-refractivity contribution in [2.45, 2.75) is 27.0 Å². The van der Waals surface area contributed by atoms with Crippen LogP contribution < -0.4 is 0 Å². The molecule has 0 unspecified atom stereocenters. The van der Waals surface area contributed by atoms with Crippen molar-refractivity contribution in [3.8, 4) is 11.3 Å². The smallest absolute Gasteiger partial charge is 0.116 e. The number of nitrogens with zero attached hydrogens (tertiary/aromatic N) is 3. The normalized spacial score (nSPS) is 10.6. The van der Waals surface area contributed by atoms with E-state index in [1.807, 2.05) is 32.0 Å². The van der Waals surface area contributed by atoms with Crippen molar-refractivity contribution in [3.63, 3.8) is 0 Å². The number of aryl methyl sites for hydroxylation is 1. The van der Waals surface area contributed by atoms with Crippen LogP contribution in [0.25, 0.3) is 11.3 Å². The molecule has 0 aliphatic heterocycles. The van der Waals surface area contributed by atoms with Gasteiger partial charge >= 0.3 is 0 Å². The second kappa shape index (κ2) is 5.14. The van der Waals surface area contributed by atoms with Gasteiger partial charge in [0.05, 0.1) is 18.8 Å². The van der Waals surface area contributed by atoms with E-state index in [2.05, 4.69) is 23.0 Å². The van der Waals surface area contributed by atoms with E-state index >= 15 is 0 Å². The number of benzene rings is 1. The summed E-state index contributed by atoms with van der Waals surface area (Å²) in [6, 6.07) is 8.09. The van der Waals surface area contributed by atoms with E-state index in [4.69, 9.17) is 0 Å². The molecule has 0 saturated heterocycles. The maximum absolute atomic E-state index is 9.36. The lowest BCUT2D eigenvalue weighted by Gasteiger charge is -2.08. The Balaban J connectivity index is 2.53. The minimum absolute atomic E-state index is 0.112. The van der Waals surface area contributed by atoms with Gasteiger partial charge in [-0.3, -0.25) is 0 Å². The quantitative estimate of drug-likeness (QED) is 0.838. The van der Waals surface area contributed by atoms with Crippen molar-refractivity contribution in [1.82, 2.24) is 15.0 Å². The first-order valence-electron chi connectivity index (χ1n) is 5.86. The van der Waals surface area contributed by atoms with E-state index in [9.17, 15) is 5.11 Å². The van der Waals surface area contributed by atoms with Crippen LogP contribution in [0.2, 0.25) is 0 Å². The molecule has 0 bridgehead atoms. The first kappa shape index (κ1) is 12.5. The number of allylic oxidation sites excluding steroid dienone is 1. The summed E-state index contributed by atoms with van der Waals surface area (Å²) in [5.41, 5.74) is 4.65. The van der Waals surface area contributed by atoms with Crippen molar-refractivity contribution in [3.05, 3.63) is 47.7 Å². The molecule has 0 atom stereocenters. The zero-order valence-electron chi connectivity index (χ0n) is 10.7. The number of aliphatic hydroxyl groups is 1. The van der Waals surface area contributed by atoms with Gasteiger partial charge in [0.2, 0.25) is 0 Å². The molecule has 2 rings (SSSR count). The highest BCUT2D eigenvalue weighted by Gasteiger charge is 2.14. The van der Waals surface area contributed by atoms with Gasteiger partial charge in [-0.05, 0) is 19.9 Å². The Morgan fingerprint density at radius 1 is 1.44 bits per heavy atom. The van der Waals surface area contributed by atoms with E-state index in [1.54, 1.807) is 4.68 Å². The third-order valence-electron chi connectivity index (χ3n) is 2.67. The minimum atomic E-state index is -0.112. The molecule has 0 saturated carbocycles. The molecule has 1 heterocycles. The molecule has 0 fully saturated rings. The van der Waals surface area contributed by atoms with Crippen LogP contribution >= 0.6 is 0 Å². The molecular weight excluding hydrogens is 226 g/mol. The Bertz CT molecular complexity index is 572. The summed E-state index contributed by atoms with van der Waals surface area (Å²) in [6.45, 7) is 8.36. The van der Waals surface area contributed by atoms with Gasteiger partial charge in [0.25, 0.3) is 0 Å². The van der Waals surface area contributed by atoms with E-state index in [-0.39, 0.29) is 6.61 Å². The largest absolute Gasteiger partial charge is 0.390 e. The molecule has 1 aromatic heterocycles. The van der Waals surface area contributed by atoms with Gasteiger partial charge < -0.3 is 5.11 Å². The first-order valence-corrected chi connectivity index (χ1v) is 5.86. The Morgan fingerprint density at radius 3 is 2.83 bits per heavy atom. The number of hydrogen-bond acceptors (Lipinski definition) is 3. The first-order chi connectivity index (χ1) is 8.61. The van der Waals surface area contributed by atoms with Crippen molar-refractivity contribution >= 4 is 0 Å². The van der Waals surface area contributed by atoms with Gasteiger partial charge in [-0.2, -0.15) is 0 Å². The predicted molar refractivity (Wildman–Crippen MR) is 70.9 cm³/mol. The molecule has 0 spiro atoms. The lowest BCUT2D eigenvalue weighted by atomic mass is 10.1. The van der Waals surface area contributed by atoms with Crippen LogP contribution in [-0.2, 0) is 13.2 Å². The second-order valence-electron chi connectivity index (χ2n) is 4.53. The average molecular weight is 243 g/mol. The Hall–Kier alpha value is -1.94. The monoisotopic (exact) mass is 243 g/mol. The number of aliphatic hydroxyl groups excluding tert-OH is 1. The Kier molecular flexibility index (Phi) is 3.58. The summed E-state index contributed by atoms with van der Waals surface area (Å²) in [5, 5.41) is 17.5. The van der Waals surface area contributed by atoms with Gasteiger partial charge in [0, 0.05) is 5.56 Å². The number of aromatic nitrogens is 3. The van der Waals surface area contributed by atoms with Crippen LogP contribution in [-0.4, -0.2) is 20.1 Å². The fourth-order valence-electron chi connectivity index (χ4n) is 1.93. The van der Waals surface area contributed by atoms with Gasteiger partial charge in [0.1, 0.15) is 5.69 Å². The van der Waals surface area contributed by atoms with Crippen LogP contribution in [0.15, 0.2) is 36.4 Å². The van der Waals surface area contributed by atoms with Crippen molar-refractivity contribution < 1.29 is 5.11 Å². The molecule has 1 aromatic carbocycles. The van der Waals surface area contributed by atoms with E-state index in [1.165, 1.54) is 5.56 Å². The van der Waals surface area contributed by atoms with Gasteiger partial charge in [-0.25, -0.2) is 4.68 Å². The fourth-order valence-corrected chi connectivity index (χ4v) is 1.93. The number of hydrogen-bond donors (Lipinski definition) is 1. The predicted octanol–water partition coefficient (Wildman–Crippen LogP) is 2.32. The van der Waals surface area contributed by atoms with Crippen LogP contribution in [0.1, 0.15) is 18.2 Å². The van der Waals surface area contributed by atoms with Crippen molar-refractivity contribution in [1.29, 1.82) is 0 Å². The molecule has 4 heteroatoms. The highest BCUT2D eigenvalue weighted by Crippen LogP contribution is 2.23. The molecule has 0 amide bonds. The molecule has 18 heavy (non-hydrogen) atoms. The standard InChI is InChI=1S/C14H17N3O/c1-10(2)8-17-14(13(9-18)15-16-17)12-6-4-5-11(3)7-12/h4-7,18H,1,8-9H2,2-3H3. The third-order valence-corrected chi connectivity index (χ3v) is 2.67. The van der Waals surface area contributed by atoms with E-state index < -0.39 is 0 Å². The van der Waals surface area contributed by atoms with Crippen LogP contribution in [0.4, 0.5) is 0 Å². The minimum Gasteiger partial charge on any atom is -0.390 e. The third kappa shape index (κ3) is 2.49. The molecule has 94 valence electrons. The topological polar surface area (TPSA) is 50.9 Å².